The van der Waals surface area contributed by atoms with E-state index in [1.54, 1.807) is 0 Å². The lowest BCUT2D eigenvalue weighted by atomic mass is 10.2. The number of hydrogen-bond donors (Lipinski definition) is 0. The zero-order valence-corrected chi connectivity index (χ0v) is 6.95. The minimum atomic E-state index is -1.06. The fraction of sp³-hybridized carbons (Fsp3) is 0. The van der Waals surface area contributed by atoms with Gasteiger partial charge in [0.25, 0.3) is 5.69 Å². The third-order valence-corrected chi connectivity index (χ3v) is 1.48. The van der Waals surface area contributed by atoms with Crippen LogP contribution in [0.3, 0.4) is 0 Å². The molecule has 9 heteroatoms. The molecule has 0 N–H and O–H groups in total. The summed E-state index contributed by atoms with van der Waals surface area (Å²) >= 11 is 0. The van der Waals surface area contributed by atoms with E-state index >= 15 is 0 Å². The summed E-state index contributed by atoms with van der Waals surface area (Å²) in [5.74, 6) is 0. The van der Waals surface area contributed by atoms with Gasteiger partial charge in [0.05, 0.1) is 20.8 Å². The topological polar surface area (TPSA) is 129 Å². The van der Waals surface area contributed by atoms with Gasteiger partial charge in [-0.05, 0) is 0 Å². The molecule has 9 nitrogen and oxygen atoms in total. The Labute approximate surface area is 81.4 Å². The predicted octanol–water partition coefficient (Wildman–Crippen LogP) is 1.21. The van der Waals surface area contributed by atoms with Gasteiger partial charge in [0.15, 0.2) is 0 Å². The number of nitro benzene ring substituents is 3. The molecule has 1 rings (SSSR count). The van der Waals surface area contributed by atoms with Crippen molar-refractivity contribution in [1.82, 2.24) is 0 Å². The van der Waals surface area contributed by atoms with Gasteiger partial charge in [-0.2, -0.15) is 0 Å². The molecule has 0 amide bonds. The molecule has 0 aromatic heterocycles. The summed E-state index contributed by atoms with van der Waals surface area (Å²) in [6, 6.07) is 3.07. The average Bonchev–Trinajstić information content (AvgIpc) is 2.16. The molecular formula is C6H2N3O6. The molecule has 0 heterocycles. The number of nitro groups is 3. The van der Waals surface area contributed by atoms with E-state index in [4.69, 9.17) is 0 Å². The second-order valence-corrected chi connectivity index (χ2v) is 2.36. The van der Waals surface area contributed by atoms with Crippen LogP contribution in [-0.4, -0.2) is 14.8 Å². The third-order valence-electron chi connectivity index (χ3n) is 1.48. The fourth-order valence-electron chi connectivity index (χ4n) is 0.859. The van der Waals surface area contributed by atoms with E-state index < -0.39 is 31.8 Å². The van der Waals surface area contributed by atoms with Crippen LogP contribution in [0.1, 0.15) is 0 Å². The van der Waals surface area contributed by atoms with Crippen molar-refractivity contribution in [3.63, 3.8) is 0 Å². The first-order chi connectivity index (χ1) is 6.93. The van der Waals surface area contributed by atoms with Crippen molar-refractivity contribution in [3.05, 3.63) is 48.5 Å². The molecule has 0 fully saturated rings. The van der Waals surface area contributed by atoms with Crippen LogP contribution in [0.5, 0.6) is 0 Å². The number of benzene rings is 1. The highest BCUT2D eigenvalue weighted by atomic mass is 16.6. The summed E-state index contributed by atoms with van der Waals surface area (Å²) in [6.45, 7) is 0. The molecule has 1 radical (unpaired) electrons. The Morgan fingerprint density at radius 2 is 1.47 bits per heavy atom. The monoisotopic (exact) mass is 212 g/mol. The van der Waals surface area contributed by atoms with Gasteiger partial charge in [-0.3, -0.25) is 30.3 Å². The van der Waals surface area contributed by atoms with Gasteiger partial charge in [0.2, 0.25) is 0 Å². The number of rotatable bonds is 3. The number of nitrogens with zero attached hydrogens (tertiary/aromatic N) is 3. The van der Waals surface area contributed by atoms with Crippen LogP contribution in [0.4, 0.5) is 17.1 Å². The highest BCUT2D eigenvalue weighted by molar-refractivity contribution is 5.57. The lowest BCUT2D eigenvalue weighted by molar-refractivity contribution is -0.424. The maximum absolute atomic E-state index is 10.4. The summed E-state index contributed by atoms with van der Waals surface area (Å²) < 4.78 is 0. The van der Waals surface area contributed by atoms with E-state index in [9.17, 15) is 30.3 Å². The Bertz CT molecular complexity index is 456. The highest BCUT2D eigenvalue weighted by Gasteiger charge is 2.27. The molecule has 77 valence electrons. The standard InChI is InChI=1S/C6H2N3O6/c10-7(11)4-1-2-5(8(12)13)6(3-4)9(14)15/h2-3H. The van der Waals surface area contributed by atoms with Gasteiger partial charge < -0.3 is 0 Å². The molecule has 0 bridgehead atoms. The molecule has 0 aliphatic carbocycles. The first kappa shape index (κ1) is 10.5. The maximum atomic E-state index is 10.4. The normalized spacial score (nSPS) is 9.60. The van der Waals surface area contributed by atoms with Crippen molar-refractivity contribution in [3.8, 4) is 0 Å². The van der Waals surface area contributed by atoms with Crippen LogP contribution in [0.15, 0.2) is 12.1 Å². The Kier molecular flexibility index (Phi) is 2.56. The van der Waals surface area contributed by atoms with Crippen molar-refractivity contribution in [2.75, 3.05) is 0 Å². The molecule has 0 saturated heterocycles. The summed E-state index contributed by atoms with van der Waals surface area (Å²) in [5, 5.41) is 30.9. The molecule has 0 unspecified atom stereocenters. The van der Waals surface area contributed by atoms with Crippen LogP contribution in [0.25, 0.3) is 0 Å². The van der Waals surface area contributed by atoms with Gasteiger partial charge in [0.1, 0.15) is 6.07 Å². The molecule has 0 atom stereocenters. The molecule has 0 aliphatic rings. The zero-order valence-electron chi connectivity index (χ0n) is 6.95. The van der Waals surface area contributed by atoms with Crippen molar-refractivity contribution < 1.29 is 14.8 Å². The quantitative estimate of drug-likeness (QED) is 0.546. The molecule has 1 aromatic rings. The molecule has 0 saturated carbocycles. The van der Waals surface area contributed by atoms with Crippen LogP contribution in [-0.2, 0) is 0 Å². The Morgan fingerprint density at radius 3 is 1.87 bits per heavy atom. The maximum Gasteiger partial charge on any atom is 0.352 e. The second kappa shape index (κ2) is 3.65. The minimum absolute atomic E-state index is 0.498. The zero-order chi connectivity index (χ0) is 11.6. The molecular weight excluding hydrogens is 210 g/mol. The number of hydrogen-bond acceptors (Lipinski definition) is 6. The van der Waals surface area contributed by atoms with Gasteiger partial charge in [0, 0.05) is 6.07 Å². The van der Waals surface area contributed by atoms with Gasteiger partial charge in [-0.25, -0.2) is 0 Å². The lowest BCUT2D eigenvalue weighted by Gasteiger charge is -1.94. The third kappa shape index (κ3) is 2.02. The SMILES string of the molecule is O=[N+]([O-])c1[c]cc([N+](=O)[O-])c([N+](=O)[O-])c1. The first-order valence-corrected chi connectivity index (χ1v) is 3.42. The van der Waals surface area contributed by atoms with Gasteiger partial charge in [-0.15, -0.1) is 0 Å². The summed E-state index contributed by atoms with van der Waals surface area (Å²) in [4.78, 5) is 27.9. The van der Waals surface area contributed by atoms with E-state index in [1.165, 1.54) is 0 Å². The molecule has 1 aromatic carbocycles. The van der Waals surface area contributed by atoms with E-state index in [1.807, 2.05) is 6.07 Å². The van der Waals surface area contributed by atoms with Crippen LogP contribution in [0, 0.1) is 36.4 Å². The predicted molar refractivity (Wildman–Crippen MR) is 45.2 cm³/mol. The van der Waals surface area contributed by atoms with E-state index in [-0.39, 0.29) is 0 Å². The smallest absolute Gasteiger partial charge is 0.258 e. The summed E-state index contributed by atoms with van der Waals surface area (Å²) in [7, 11) is 0. The van der Waals surface area contributed by atoms with E-state index in [2.05, 4.69) is 0 Å². The van der Waals surface area contributed by atoms with Crippen molar-refractivity contribution >= 4 is 17.1 Å². The lowest BCUT2D eigenvalue weighted by Crippen LogP contribution is -1.98. The van der Waals surface area contributed by atoms with Crippen LogP contribution >= 0.6 is 0 Å². The second-order valence-electron chi connectivity index (χ2n) is 2.36. The summed E-state index contributed by atoms with van der Waals surface area (Å²) in [6.07, 6.45) is 0. The Morgan fingerprint density at radius 1 is 0.933 bits per heavy atom. The summed E-state index contributed by atoms with van der Waals surface area (Å²) in [5.41, 5.74) is -2.44. The van der Waals surface area contributed by atoms with Crippen LogP contribution in [0.2, 0.25) is 0 Å². The minimum Gasteiger partial charge on any atom is -0.258 e. The van der Waals surface area contributed by atoms with Crippen LogP contribution < -0.4 is 0 Å². The largest absolute Gasteiger partial charge is 0.352 e. The van der Waals surface area contributed by atoms with Crippen molar-refractivity contribution in [1.29, 1.82) is 0 Å². The average molecular weight is 212 g/mol. The molecule has 0 spiro atoms. The van der Waals surface area contributed by atoms with E-state index in [0.29, 0.717) is 12.1 Å². The van der Waals surface area contributed by atoms with Crippen molar-refractivity contribution in [2.45, 2.75) is 0 Å². The number of non-ortho nitro benzene ring substituents is 1. The van der Waals surface area contributed by atoms with Crippen molar-refractivity contribution in [2.24, 2.45) is 0 Å². The highest BCUT2D eigenvalue weighted by Crippen LogP contribution is 2.29. The fourth-order valence-corrected chi connectivity index (χ4v) is 0.859. The Balaban J connectivity index is 3.40. The Hall–Kier alpha value is -2.58. The van der Waals surface area contributed by atoms with Gasteiger partial charge >= 0.3 is 11.4 Å². The first-order valence-electron chi connectivity index (χ1n) is 3.42. The molecule has 0 aliphatic heterocycles. The van der Waals surface area contributed by atoms with E-state index in [0.717, 1.165) is 0 Å². The molecule has 15 heavy (non-hydrogen) atoms. The van der Waals surface area contributed by atoms with Gasteiger partial charge in [-0.1, -0.05) is 0 Å².